The normalized spacial score (nSPS) is 23.9. The highest BCUT2D eigenvalue weighted by molar-refractivity contribution is 7.89. The summed E-state index contributed by atoms with van der Waals surface area (Å²) in [4.78, 5) is 11.4. The molecule has 2 N–H and O–H groups in total. The van der Waals surface area contributed by atoms with Gasteiger partial charge < -0.3 is 19.3 Å². The fourth-order valence-corrected chi connectivity index (χ4v) is 4.01. The number of ether oxygens (including phenoxy) is 3. The first-order valence-corrected chi connectivity index (χ1v) is 9.37. The minimum atomic E-state index is -3.76. The smallest absolute Gasteiger partial charge is 0.308 e. The molecule has 9 heteroatoms. The number of carbonyl (C=O) groups is 1. The van der Waals surface area contributed by atoms with Gasteiger partial charge in [-0.3, -0.25) is 4.79 Å². The van der Waals surface area contributed by atoms with Crippen molar-refractivity contribution in [2.45, 2.75) is 42.4 Å². The molecule has 25 heavy (non-hydrogen) atoms. The van der Waals surface area contributed by atoms with Crippen LogP contribution in [-0.4, -0.2) is 58.6 Å². The fourth-order valence-electron chi connectivity index (χ4n) is 2.71. The van der Waals surface area contributed by atoms with E-state index in [2.05, 4.69) is 9.46 Å². The van der Waals surface area contributed by atoms with Crippen molar-refractivity contribution in [3.8, 4) is 5.75 Å². The van der Waals surface area contributed by atoms with Crippen LogP contribution in [0.1, 0.15) is 19.3 Å². The second-order valence-corrected chi connectivity index (χ2v) is 7.45. The second kappa shape index (κ2) is 8.61. The van der Waals surface area contributed by atoms with E-state index in [4.69, 9.17) is 9.47 Å². The van der Waals surface area contributed by atoms with E-state index in [0.29, 0.717) is 18.6 Å². The number of aliphatic hydroxyl groups excluding tert-OH is 1. The van der Waals surface area contributed by atoms with Crippen LogP contribution in [0.15, 0.2) is 29.2 Å². The monoisotopic (exact) mass is 373 g/mol. The molecule has 1 heterocycles. The van der Waals surface area contributed by atoms with Gasteiger partial charge in [0.1, 0.15) is 5.75 Å². The van der Waals surface area contributed by atoms with Crippen LogP contribution in [0.3, 0.4) is 0 Å². The Hall–Kier alpha value is -1.68. The zero-order valence-electron chi connectivity index (χ0n) is 14.2. The molecule has 0 unspecified atom stereocenters. The summed E-state index contributed by atoms with van der Waals surface area (Å²) in [6, 6.07) is 5.42. The van der Waals surface area contributed by atoms with Gasteiger partial charge in [-0.05, 0) is 37.1 Å². The van der Waals surface area contributed by atoms with Crippen LogP contribution in [0.5, 0.6) is 5.75 Å². The molecular weight excluding hydrogens is 350 g/mol. The summed E-state index contributed by atoms with van der Waals surface area (Å²) in [7, 11) is -0.972. The van der Waals surface area contributed by atoms with Gasteiger partial charge >= 0.3 is 5.97 Å². The molecule has 1 aliphatic heterocycles. The lowest BCUT2D eigenvalue weighted by Crippen LogP contribution is -2.51. The molecule has 0 saturated carbocycles. The van der Waals surface area contributed by atoms with Gasteiger partial charge in [-0.15, -0.1) is 0 Å². The summed E-state index contributed by atoms with van der Waals surface area (Å²) in [5.74, 6) is 0.151. The predicted molar refractivity (Wildman–Crippen MR) is 88.7 cm³/mol. The maximum Gasteiger partial charge on any atom is 0.308 e. The highest BCUT2D eigenvalue weighted by Crippen LogP contribution is 2.24. The van der Waals surface area contributed by atoms with Crippen LogP contribution < -0.4 is 9.46 Å². The summed E-state index contributed by atoms with van der Waals surface area (Å²) >= 11 is 0. The van der Waals surface area contributed by atoms with E-state index in [0.717, 1.165) is 0 Å². The van der Waals surface area contributed by atoms with Gasteiger partial charge in [0.2, 0.25) is 10.0 Å². The van der Waals surface area contributed by atoms with Crippen molar-refractivity contribution in [2.24, 2.45) is 0 Å². The number of nitrogens with one attached hydrogen (secondary N) is 1. The largest absolute Gasteiger partial charge is 0.497 e. The average Bonchev–Trinajstić information content (AvgIpc) is 2.62. The number of benzene rings is 1. The number of sulfonamides is 1. The molecule has 0 spiro atoms. The van der Waals surface area contributed by atoms with Gasteiger partial charge in [-0.25, -0.2) is 13.1 Å². The predicted octanol–water partition coefficient (Wildman–Crippen LogP) is 0.445. The average molecular weight is 373 g/mol. The summed E-state index contributed by atoms with van der Waals surface area (Å²) < 4.78 is 42.8. The summed E-state index contributed by atoms with van der Waals surface area (Å²) in [5.41, 5.74) is 0. The van der Waals surface area contributed by atoms with Gasteiger partial charge in [0, 0.05) is 0 Å². The molecule has 2 rings (SSSR count). The second-order valence-electron chi connectivity index (χ2n) is 5.74. The quantitative estimate of drug-likeness (QED) is 0.667. The highest BCUT2D eigenvalue weighted by Gasteiger charge is 2.34. The van der Waals surface area contributed by atoms with Gasteiger partial charge in [0.25, 0.3) is 0 Å². The number of aliphatic hydroxyl groups is 1. The topological polar surface area (TPSA) is 111 Å². The van der Waals surface area contributed by atoms with Crippen LogP contribution in [0, 0.1) is 0 Å². The first-order chi connectivity index (χ1) is 11.9. The number of hydrogen-bond donors (Lipinski definition) is 2. The van der Waals surface area contributed by atoms with Crippen molar-refractivity contribution >= 4 is 16.0 Å². The molecule has 1 aromatic rings. The van der Waals surface area contributed by atoms with Crippen LogP contribution >= 0.6 is 0 Å². The van der Waals surface area contributed by atoms with Crippen molar-refractivity contribution in [2.75, 3.05) is 20.8 Å². The molecule has 1 saturated heterocycles. The van der Waals surface area contributed by atoms with Crippen LogP contribution in [0.4, 0.5) is 0 Å². The molecule has 0 amide bonds. The molecular formula is C16H23NO7S. The summed E-state index contributed by atoms with van der Waals surface area (Å²) in [5, 5.41) is 9.51. The Morgan fingerprint density at radius 3 is 2.52 bits per heavy atom. The van der Waals surface area contributed by atoms with Crippen molar-refractivity contribution in [1.82, 2.24) is 4.72 Å². The Bertz CT molecular complexity index is 674. The van der Waals surface area contributed by atoms with E-state index in [1.807, 2.05) is 0 Å². The number of rotatable bonds is 7. The molecule has 140 valence electrons. The first-order valence-electron chi connectivity index (χ1n) is 7.89. The Balaban J connectivity index is 2.04. The molecule has 1 aromatic carbocycles. The van der Waals surface area contributed by atoms with Crippen LogP contribution in [0.2, 0.25) is 0 Å². The third-order valence-corrected chi connectivity index (χ3v) is 5.60. The maximum atomic E-state index is 12.5. The Morgan fingerprint density at radius 2 is 1.96 bits per heavy atom. The third-order valence-electron chi connectivity index (χ3n) is 4.09. The number of methoxy groups -OCH3 is 2. The highest BCUT2D eigenvalue weighted by atomic mass is 32.2. The minimum Gasteiger partial charge on any atom is -0.497 e. The zero-order valence-corrected chi connectivity index (χ0v) is 15.0. The number of hydrogen-bond acceptors (Lipinski definition) is 7. The standard InChI is InChI=1S/C16H23NO7S/c1-22-11-3-6-13(7-4-11)25(20,21)17-14-8-5-12(9-16(19)23-2)24-15(14)10-18/h3-4,6-7,12,14-15,17-18H,5,8-10H2,1-2H3/t12-,14+,15-/m0/s1. The van der Waals surface area contributed by atoms with Crippen LogP contribution in [0.25, 0.3) is 0 Å². The van der Waals surface area contributed by atoms with Crippen molar-refractivity contribution < 1.29 is 32.5 Å². The van der Waals surface area contributed by atoms with E-state index in [9.17, 15) is 18.3 Å². The van der Waals surface area contributed by atoms with Gasteiger partial charge in [-0.2, -0.15) is 0 Å². The van der Waals surface area contributed by atoms with E-state index >= 15 is 0 Å². The maximum absolute atomic E-state index is 12.5. The number of carbonyl (C=O) groups excluding carboxylic acids is 1. The third kappa shape index (κ3) is 5.15. The first kappa shape index (κ1) is 19.6. The van der Waals surface area contributed by atoms with E-state index in [1.165, 1.54) is 26.4 Å². The van der Waals surface area contributed by atoms with Crippen LogP contribution in [-0.2, 0) is 24.3 Å². The zero-order chi connectivity index (χ0) is 18.4. The Morgan fingerprint density at radius 1 is 1.28 bits per heavy atom. The SMILES string of the molecule is COC(=O)C[C@@H]1CC[C@@H](NS(=O)(=O)c2ccc(OC)cc2)[C@H](CO)O1. The summed E-state index contributed by atoms with van der Waals surface area (Å²) in [6.45, 7) is -0.354. The molecule has 8 nitrogen and oxygen atoms in total. The molecule has 0 radical (unpaired) electrons. The molecule has 1 fully saturated rings. The fraction of sp³-hybridized carbons (Fsp3) is 0.562. The van der Waals surface area contributed by atoms with Crippen molar-refractivity contribution in [3.05, 3.63) is 24.3 Å². The van der Waals surface area contributed by atoms with E-state index < -0.39 is 34.2 Å². The van der Waals surface area contributed by atoms with Gasteiger partial charge in [0.05, 0.1) is 50.4 Å². The summed E-state index contributed by atoms with van der Waals surface area (Å²) in [6.07, 6.45) is -0.114. The van der Waals surface area contributed by atoms with Crippen molar-refractivity contribution in [1.29, 1.82) is 0 Å². The van der Waals surface area contributed by atoms with Gasteiger partial charge in [0.15, 0.2) is 0 Å². The molecule has 1 aliphatic rings. The molecule has 0 aliphatic carbocycles. The minimum absolute atomic E-state index is 0.0744. The Labute approximate surface area is 147 Å². The van der Waals surface area contributed by atoms with E-state index in [1.54, 1.807) is 12.1 Å². The molecule has 0 bridgehead atoms. The molecule has 3 atom stereocenters. The van der Waals surface area contributed by atoms with E-state index in [-0.39, 0.29) is 17.9 Å². The Kier molecular flexibility index (Phi) is 6.77. The van der Waals surface area contributed by atoms with Gasteiger partial charge in [-0.1, -0.05) is 0 Å². The number of esters is 1. The molecule has 0 aromatic heterocycles. The lowest BCUT2D eigenvalue weighted by atomic mass is 9.98. The lowest BCUT2D eigenvalue weighted by molar-refractivity contribution is -0.149. The van der Waals surface area contributed by atoms with Crippen molar-refractivity contribution in [3.63, 3.8) is 0 Å². The lowest BCUT2D eigenvalue weighted by Gasteiger charge is -2.35.